The number of sulfonamides is 1. The minimum absolute atomic E-state index is 0.0439. The molecule has 39 heavy (non-hydrogen) atoms. The first kappa shape index (κ1) is 28.2. The van der Waals surface area contributed by atoms with Gasteiger partial charge in [0.1, 0.15) is 16.3 Å². The zero-order valence-electron chi connectivity index (χ0n) is 22.3. The van der Waals surface area contributed by atoms with Crippen molar-refractivity contribution in [2.75, 3.05) is 0 Å². The molecule has 4 saturated carbocycles. The quantitative estimate of drug-likeness (QED) is 0.406. The first-order valence-corrected chi connectivity index (χ1v) is 16.2. The fourth-order valence-corrected chi connectivity index (χ4v) is 9.74. The third kappa shape index (κ3) is 5.51. The summed E-state index contributed by atoms with van der Waals surface area (Å²) in [5.41, 5.74) is -0.0807. The number of carbonyl (C=O) groups excluding carboxylic acids is 1. The van der Waals surface area contributed by atoms with Crippen molar-refractivity contribution < 1.29 is 30.6 Å². The van der Waals surface area contributed by atoms with Crippen molar-refractivity contribution in [3.63, 3.8) is 0 Å². The van der Waals surface area contributed by atoms with E-state index < -0.39 is 42.3 Å². The van der Waals surface area contributed by atoms with Gasteiger partial charge in [-0.25, -0.2) is 12.8 Å². The average Bonchev–Trinajstić information content (AvgIpc) is 2.79. The molecule has 0 saturated heterocycles. The Balaban J connectivity index is 1.33. The molecule has 11 heteroatoms. The molecule has 2 atom stereocenters. The molecule has 2 aromatic rings. The van der Waals surface area contributed by atoms with Crippen LogP contribution in [0.2, 0.25) is 0 Å². The molecule has 0 radical (unpaired) electrons. The van der Waals surface area contributed by atoms with Gasteiger partial charge in [0.05, 0.1) is 4.90 Å². The van der Waals surface area contributed by atoms with Crippen LogP contribution in [0.25, 0.3) is 0 Å². The third-order valence-corrected chi connectivity index (χ3v) is 11.5. The topological polar surface area (TPSA) is 130 Å². The predicted molar refractivity (Wildman–Crippen MR) is 143 cm³/mol. The van der Waals surface area contributed by atoms with Crippen molar-refractivity contribution in [2.45, 2.75) is 80.7 Å². The Bertz CT molecular complexity index is 1510. The Morgan fingerprint density at radius 1 is 1.03 bits per heavy atom. The summed E-state index contributed by atoms with van der Waals surface area (Å²) in [6.07, 6.45) is 5.04. The lowest BCUT2D eigenvalue weighted by atomic mass is 9.47. The first-order chi connectivity index (χ1) is 18.1. The number of amides is 1. The van der Waals surface area contributed by atoms with Crippen LogP contribution in [0.5, 0.6) is 0 Å². The van der Waals surface area contributed by atoms with E-state index in [0.717, 1.165) is 49.8 Å². The maximum Gasteiger partial charge on any atom is 0.294 e. The van der Waals surface area contributed by atoms with E-state index in [-0.39, 0.29) is 28.2 Å². The Morgan fingerprint density at radius 2 is 1.67 bits per heavy atom. The van der Waals surface area contributed by atoms with Crippen molar-refractivity contribution in [1.82, 2.24) is 10.0 Å². The van der Waals surface area contributed by atoms with E-state index >= 15 is 0 Å². The summed E-state index contributed by atoms with van der Waals surface area (Å²) >= 11 is 0. The Morgan fingerprint density at radius 3 is 2.28 bits per heavy atom. The van der Waals surface area contributed by atoms with E-state index in [1.54, 1.807) is 6.07 Å². The molecule has 2 aromatic carbocycles. The molecule has 8 nitrogen and oxygen atoms in total. The summed E-state index contributed by atoms with van der Waals surface area (Å²) < 4.78 is 76.2. The van der Waals surface area contributed by atoms with Crippen LogP contribution in [0.3, 0.4) is 0 Å². The number of halogens is 1. The van der Waals surface area contributed by atoms with Crippen molar-refractivity contribution >= 4 is 26.0 Å². The zero-order valence-corrected chi connectivity index (χ0v) is 23.9. The van der Waals surface area contributed by atoms with Crippen LogP contribution in [-0.2, 0) is 31.4 Å². The molecule has 6 rings (SSSR count). The van der Waals surface area contributed by atoms with E-state index in [4.69, 9.17) is 0 Å². The molecule has 4 bridgehead atoms. The van der Waals surface area contributed by atoms with E-state index in [1.165, 1.54) is 32.0 Å². The van der Waals surface area contributed by atoms with Crippen LogP contribution in [-0.4, -0.2) is 38.9 Å². The zero-order chi connectivity index (χ0) is 28.4. The van der Waals surface area contributed by atoms with Crippen molar-refractivity contribution in [1.29, 1.82) is 0 Å². The van der Waals surface area contributed by atoms with Crippen molar-refractivity contribution in [3.8, 4) is 0 Å². The molecule has 4 fully saturated rings. The smallest absolute Gasteiger partial charge is 0.294 e. The number of aryl methyl sites for hydroxylation is 1. The predicted octanol–water partition coefficient (Wildman–Crippen LogP) is 3.99. The molecule has 0 aromatic heterocycles. The maximum atomic E-state index is 14.2. The summed E-state index contributed by atoms with van der Waals surface area (Å²) in [7, 11) is -8.63. The fraction of sp³-hybridized carbons (Fsp3) is 0.536. The number of nitrogens with one attached hydrogen (secondary N) is 2. The summed E-state index contributed by atoms with van der Waals surface area (Å²) in [5, 5.41) is 3.12. The number of carbonyl (C=O) groups is 1. The largest absolute Gasteiger partial charge is 0.351 e. The van der Waals surface area contributed by atoms with E-state index in [0.29, 0.717) is 17.9 Å². The molecule has 0 heterocycles. The minimum atomic E-state index is -4.35. The lowest BCUT2D eigenvalue weighted by Gasteiger charge is -2.60. The van der Waals surface area contributed by atoms with Crippen molar-refractivity contribution in [2.24, 2.45) is 23.2 Å². The summed E-state index contributed by atoms with van der Waals surface area (Å²) in [5.74, 6) is -0.529. The van der Waals surface area contributed by atoms with Crippen LogP contribution in [0.1, 0.15) is 57.1 Å². The highest BCUT2D eigenvalue weighted by Crippen LogP contribution is 2.61. The fourth-order valence-electron chi connectivity index (χ4n) is 7.58. The number of hydrogen-bond acceptors (Lipinski definition) is 5. The van der Waals surface area contributed by atoms with Gasteiger partial charge < -0.3 is 5.32 Å². The Kier molecular flexibility index (Phi) is 6.97. The molecule has 0 spiro atoms. The number of benzene rings is 2. The lowest BCUT2D eigenvalue weighted by Crippen LogP contribution is -2.63. The maximum absolute atomic E-state index is 14.2. The minimum Gasteiger partial charge on any atom is -0.351 e. The Hall–Kier alpha value is -2.34. The second-order valence-corrected chi connectivity index (χ2v) is 15.4. The molecule has 0 aliphatic heterocycles. The molecular weight excluding hydrogens is 543 g/mol. The number of hydrogen-bond donors (Lipinski definition) is 3. The van der Waals surface area contributed by atoms with Gasteiger partial charge in [-0.15, -0.1) is 0 Å². The Labute approximate surface area is 229 Å². The summed E-state index contributed by atoms with van der Waals surface area (Å²) in [6, 6.07) is 9.89. The monoisotopic (exact) mass is 578 g/mol. The van der Waals surface area contributed by atoms with E-state index in [9.17, 15) is 30.6 Å². The van der Waals surface area contributed by atoms with Crippen LogP contribution >= 0.6 is 0 Å². The molecule has 1 amide bonds. The number of rotatable bonds is 8. The normalized spacial score (nSPS) is 28.4. The van der Waals surface area contributed by atoms with Gasteiger partial charge in [0.2, 0.25) is 15.9 Å². The van der Waals surface area contributed by atoms with Crippen LogP contribution < -0.4 is 10.0 Å². The van der Waals surface area contributed by atoms with Crippen molar-refractivity contribution in [3.05, 3.63) is 59.4 Å². The van der Waals surface area contributed by atoms with Crippen LogP contribution in [0.15, 0.2) is 52.3 Å². The average molecular weight is 579 g/mol. The van der Waals surface area contributed by atoms with E-state index in [2.05, 4.69) is 10.0 Å². The van der Waals surface area contributed by atoms with Gasteiger partial charge >= 0.3 is 0 Å². The highest BCUT2D eigenvalue weighted by Gasteiger charge is 2.56. The highest BCUT2D eigenvalue weighted by molar-refractivity contribution is 7.89. The standard InChI is InChI=1S/C28H35FN2O6S2/c1-17-8-9-23(39(35,36)37)19(10-17)14-28-13-18-11-20(15-28)25(21(12-18)16-28)30-26(32)27(2,3)31-38(33,34)24-7-5-4-6-22(24)29/h4-10,18,20-21,25,31H,11-16H2,1-3H3,(H,30,32)(H,35,36,37). The molecule has 2 unspecified atom stereocenters. The summed E-state index contributed by atoms with van der Waals surface area (Å²) in [4.78, 5) is 12.8. The lowest BCUT2D eigenvalue weighted by molar-refractivity contribution is -0.132. The van der Waals surface area contributed by atoms with Crippen LogP contribution in [0.4, 0.5) is 4.39 Å². The molecular formula is C28H35FN2O6S2. The summed E-state index contributed by atoms with van der Waals surface area (Å²) in [6.45, 7) is 4.82. The van der Waals surface area contributed by atoms with Gasteiger partial charge in [0.25, 0.3) is 10.1 Å². The van der Waals surface area contributed by atoms with Gasteiger partial charge in [-0.05, 0) is 106 Å². The SMILES string of the molecule is Cc1ccc(S(=O)(=O)O)c(CC23CC4CC(C2)C(NC(=O)C(C)(C)NS(=O)(=O)c2ccccc2F)C(C4)C3)c1. The third-order valence-electron chi connectivity index (χ3n) is 8.84. The molecule has 4 aliphatic carbocycles. The molecule has 4 aliphatic rings. The van der Waals surface area contributed by atoms with Gasteiger partial charge in [0.15, 0.2) is 0 Å². The highest BCUT2D eigenvalue weighted by atomic mass is 32.2. The van der Waals surface area contributed by atoms with Gasteiger partial charge in [0, 0.05) is 6.04 Å². The van der Waals surface area contributed by atoms with Gasteiger partial charge in [-0.1, -0.05) is 29.8 Å². The van der Waals surface area contributed by atoms with Crippen LogP contribution in [0, 0.1) is 35.9 Å². The van der Waals surface area contributed by atoms with Gasteiger partial charge in [-0.3, -0.25) is 9.35 Å². The second kappa shape index (κ2) is 9.64. The molecule has 212 valence electrons. The molecule has 3 N–H and O–H groups in total. The second-order valence-electron chi connectivity index (χ2n) is 12.4. The van der Waals surface area contributed by atoms with E-state index in [1.807, 2.05) is 13.0 Å². The first-order valence-electron chi connectivity index (χ1n) is 13.3. The van der Waals surface area contributed by atoms with Gasteiger partial charge in [-0.2, -0.15) is 13.1 Å².